The van der Waals surface area contributed by atoms with Crippen molar-refractivity contribution >= 4 is 18.1 Å². The van der Waals surface area contributed by atoms with Crippen molar-refractivity contribution in [3.63, 3.8) is 0 Å². The Labute approximate surface area is 137 Å². The summed E-state index contributed by atoms with van der Waals surface area (Å²) >= 11 is 0. The minimum Gasteiger partial charge on any atom is -0.204 e. The predicted molar refractivity (Wildman–Crippen MR) is 92.6 cm³/mol. The van der Waals surface area contributed by atoms with Gasteiger partial charge in [0.1, 0.15) is 7.85 Å². The van der Waals surface area contributed by atoms with E-state index in [1.54, 1.807) is 0 Å². The molecule has 0 fully saturated rings. The summed E-state index contributed by atoms with van der Waals surface area (Å²) in [6.45, 7) is 0.402. The summed E-state index contributed by atoms with van der Waals surface area (Å²) in [5.41, 5.74) is 10.4. The molecule has 2 aromatic carbocycles. The molecule has 0 aliphatic carbocycles. The van der Waals surface area contributed by atoms with E-state index in [1.807, 2.05) is 68.5 Å². The van der Waals surface area contributed by atoms with Gasteiger partial charge in [-0.05, 0) is 16.9 Å². The zero-order valence-corrected chi connectivity index (χ0v) is 13.6. The minimum absolute atomic E-state index is 0.0245. The van der Waals surface area contributed by atoms with Gasteiger partial charge in [0.05, 0.1) is 0 Å². The average Bonchev–Trinajstić information content (AvgIpc) is 2.56. The molecule has 0 saturated heterocycles. The molecule has 1 atom stereocenters. The van der Waals surface area contributed by atoms with Crippen LogP contribution in [0.25, 0.3) is 10.4 Å². The van der Waals surface area contributed by atoms with E-state index in [0.29, 0.717) is 0 Å². The highest BCUT2D eigenvalue weighted by Gasteiger charge is 2.23. The third kappa shape index (κ3) is 4.86. The summed E-state index contributed by atoms with van der Waals surface area (Å²) in [5.74, 6) is -0.0245. The molecular formula is C15H17BN4O2S. The van der Waals surface area contributed by atoms with Crippen molar-refractivity contribution in [3.05, 3.63) is 82.2 Å². The maximum Gasteiger partial charge on any atom is 0.302 e. The maximum absolute atomic E-state index is 12.2. The minimum atomic E-state index is -4.03. The van der Waals surface area contributed by atoms with Crippen molar-refractivity contribution < 1.29 is 8.42 Å². The molecule has 0 heterocycles. The largest absolute Gasteiger partial charge is 0.302 e. The van der Waals surface area contributed by atoms with E-state index in [4.69, 9.17) is 5.53 Å². The van der Waals surface area contributed by atoms with Gasteiger partial charge in [0.25, 0.3) is 0 Å². The molecule has 0 radical (unpaired) electrons. The lowest BCUT2D eigenvalue weighted by molar-refractivity contribution is 0.405. The van der Waals surface area contributed by atoms with Crippen LogP contribution in [0.3, 0.4) is 0 Å². The van der Waals surface area contributed by atoms with E-state index in [9.17, 15) is 8.42 Å². The highest BCUT2D eigenvalue weighted by Crippen LogP contribution is 2.18. The van der Waals surface area contributed by atoms with E-state index in [0.717, 1.165) is 11.1 Å². The molecule has 2 aromatic rings. The molecule has 0 amide bonds. The van der Waals surface area contributed by atoms with Gasteiger partial charge in [-0.3, -0.25) is 0 Å². The molecule has 0 aliphatic heterocycles. The van der Waals surface area contributed by atoms with E-state index in [-0.39, 0.29) is 18.9 Å². The Balaban J connectivity index is 2.25. The molecule has 0 aromatic heterocycles. The van der Waals surface area contributed by atoms with Gasteiger partial charge in [0.2, 0.25) is 0 Å². The van der Waals surface area contributed by atoms with Gasteiger partial charge in [-0.15, -0.1) is 0 Å². The van der Waals surface area contributed by atoms with E-state index in [1.165, 1.54) is 4.31 Å². The van der Waals surface area contributed by atoms with Crippen LogP contribution in [0.4, 0.5) is 0 Å². The fourth-order valence-corrected chi connectivity index (χ4v) is 3.24. The van der Waals surface area contributed by atoms with Crippen LogP contribution in [0.15, 0.2) is 65.2 Å². The summed E-state index contributed by atoms with van der Waals surface area (Å²) in [4.78, 5) is 2.45. The van der Waals surface area contributed by atoms with Gasteiger partial charge in [0.15, 0.2) is 0 Å². The topological polar surface area (TPSA) is 86.1 Å². The zero-order chi connectivity index (χ0) is 16.7. The van der Waals surface area contributed by atoms with Crippen molar-refractivity contribution in [2.75, 3.05) is 6.54 Å². The molecule has 118 valence electrons. The number of azide groups is 1. The van der Waals surface area contributed by atoms with Crippen molar-refractivity contribution in [2.24, 2.45) is 4.52 Å². The van der Waals surface area contributed by atoms with Crippen molar-refractivity contribution in [3.8, 4) is 0 Å². The standard InChI is InChI=1S/C15H17BN4O2S/c16-15(14-9-5-2-6-10-14)12-20(23(21,22)19-18-17)11-13-7-3-1-4-8-13/h1-10,15H,11-12,16H2/t15-/m0/s1. The molecule has 0 unspecified atom stereocenters. The van der Waals surface area contributed by atoms with Crippen LogP contribution in [0.2, 0.25) is 0 Å². The Morgan fingerprint density at radius 1 is 1.09 bits per heavy atom. The third-order valence-corrected chi connectivity index (χ3v) is 4.72. The Morgan fingerprint density at radius 2 is 1.65 bits per heavy atom. The van der Waals surface area contributed by atoms with Gasteiger partial charge in [-0.25, -0.2) is 8.42 Å². The zero-order valence-electron chi connectivity index (χ0n) is 12.8. The second-order valence-electron chi connectivity index (χ2n) is 5.24. The monoisotopic (exact) mass is 328 g/mol. The first-order valence-corrected chi connectivity index (χ1v) is 8.58. The molecule has 2 rings (SSSR count). The first-order chi connectivity index (χ1) is 11.0. The Kier molecular flexibility index (Phi) is 5.81. The van der Waals surface area contributed by atoms with Gasteiger partial charge in [-0.1, -0.05) is 66.2 Å². The van der Waals surface area contributed by atoms with Crippen LogP contribution in [0.5, 0.6) is 0 Å². The average molecular weight is 328 g/mol. The van der Waals surface area contributed by atoms with Crippen molar-refractivity contribution in [1.82, 2.24) is 4.31 Å². The van der Waals surface area contributed by atoms with Gasteiger partial charge < -0.3 is 0 Å². The molecule has 8 heteroatoms. The number of hydrogen-bond acceptors (Lipinski definition) is 2. The fraction of sp³-hybridized carbons (Fsp3) is 0.200. The molecule has 0 bridgehead atoms. The quantitative estimate of drug-likeness (QED) is 0.338. The summed E-state index contributed by atoms with van der Waals surface area (Å²) in [7, 11) is -2.09. The number of benzene rings is 2. The second-order valence-corrected chi connectivity index (χ2v) is 6.81. The third-order valence-electron chi connectivity index (χ3n) is 3.51. The van der Waals surface area contributed by atoms with E-state index in [2.05, 4.69) is 9.43 Å². The van der Waals surface area contributed by atoms with Crippen LogP contribution in [-0.2, 0) is 16.8 Å². The first kappa shape index (κ1) is 17.1. The normalized spacial score (nSPS) is 12.6. The second kappa shape index (κ2) is 7.83. The SMILES string of the molecule is B[C@@H](CN(Cc1ccccc1)S(=O)(=O)N=[N+]=[N-])c1ccccc1. The van der Waals surface area contributed by atoms with Crippen LogP contribution in [0.1, 0.15) is 16.9 Å². The number of rotatable bonds is 7. The van der Waals surface area contributed by atoms with Gasteiger partial charge in [-0.2, -0.15) is 4.31 Å². The van der Waals surface area contributed by atoms with Gasteiger partial charge in [0, 0.05) is 22.5 Å². The Hall–Kier alpha value is -2.28. The summed E-state index contributed by atoms with van der Waals surface area (Å²) in [6, 6.07) is 18.9. The number of nitrogens with zero attached hydrogens (tertiary/aromatic N) is 4. The molecular weight excluding hydrogens is 311 g/mol. The lowest BCUT2D eigenvalue weighted by atomic mass is 9.81. The molecule has 0 aliphatic rings. The molecule has 6 nitrogen and oxygen atoms in total. The van der Waals surface area contributed by atoms with Crippen molar-refractivity contribution in [2.45, 2.75) is 12.4 Å². The highest BCUT2D eigenvalue weighted by molar-refractivity contribution is 7.87. The Bertz CT molecular complexity index is 778. The maximum atomic E-state index is 12.2. The summed E-state index contributed by atoms with van der Waals surface area (Å²) in [5, 5.41) is 0. The molecule has 0 spiro atoms. The number of hydrogen-bond donors (Lipinski definition) is 0. The van der Waals surface area contributed by atoms with Crippen LogP contribution in [-0.4, -0.2) is 27.1 Å². The molecule has 0 N–H and O–H groups in total. The van der Waals surface area contributed by atoms with Gasteiger partial charge >= 0.3 is 10.2 Å². The van der Waals surface area contributed by atoms with Crippen molar-refractivity contribution in [1.29, 1.82) is 0 Å². The summed E-state index contributed by atoms with van der Waals surface area (Å²) < 4.78 is 28.6. The molecule has 0 saturated carbocycles. The summed E-state index contributed by atoms with van der Waals surface area (Å²) in [6.07, 6.45) is 0. The highest BCUT2D eigenvalue weighted by atomic mass is 32.2. The predicted octanol–water partition coefficient (Wildman–Crippen LogP) is 2.42. The smallest absolute Gasteiger partial charge is 0.204 e. The first-order valence-electron chi connectivity index (χ1n) is 7.18. The lowest BCUT2D eigenvalue weighted by Gasteiger charge is -2.23. The molecule has 23 heavy (non-hydrogen) atoms. The Morgan fingerprint density at radius 3 is 2.22 bits per heavy atom. The fourth-order valence-electron chi connectivity index (χ4n) is 2.32. The van der Waals surface area contributed by atoms with Crippen LogP contribution in [0, 0.1) is 0 Å². The van der Waals surface area contributed by atoms with Crippen LogP contribution >= 0.6 is 0 Å². The lowest BCUT2D eigenvalue weighted by Crippen LogP contribution is -2.33. The van der Waals surface area contributed by atoms with E-state index >= 15 is 0 Å². The van der Waals surface area contributed by atoms with Crippen LogP contribution < -0.4 is 0 Å². The van der Waals surface area contributed by atoms with E-state index < -0.39 is 10.2 Å².